The summed E-state index contributed by atoms with van der Waals surface area (Å²) in [6.45, 7) is 0. The molecule has 4 N–H and O–H groups in total. The topological polar surface area (TPSA) is 123 Å². The summed E-state index contributed by atoms with van der Waals surface area (Å²) >= 11 is 5.79. The Morgan fingerprint density at radius 3 is 2.70 bits per heavy atom. The zero-order chi connectivity index (χ0) is 21.6. The van der Waals surface area contributed by atoms with Crippen molar-refractivity contribution in [2.24, 2.45) is 7.05 Å². The van der Waals surface area contributed by atoms with Crippen LogP contribution < -0.4 is 10.5 Å². The monoisotopic (exact) mass is 447 g/mol. The molecule has 0 saturated carbocycles. The summed E-state index contributed by atoms with van der Waals surface area (Å²) in [5.41, 5.74) is 6.78. The highest BCUT2D eigenvalue weighted by atomic mass is 35.5. The second-order valence-electron chi connectivity index (χ2n) is 6.50. The first kappa shape index (κ1) is 19.9. The first-order valence-corrected chi connectivity index (χ1v) is 10.4. The van der Waals surface area contributed by atoms with E-state index in [1.807, 2.05) is 0 Å². The zero-order valence-corrected chi connectivity index (χ0v) is 17.0. The van der Waals surface area contributed by atoms with Crippen LogP contribution in [0, 0.1) is 5.82 Å². The Morgan fingerprint density at radius 1 is 1.20 bits per heavy atom. The number of halogens is 2. The van der Waals surface area contributed by atoms with E-state index in [0.29, 0.717) is 16.6 Å². The Hall–Kier alpha value is -3.37. The average molecular weight is 448 g/mol. The summed E-state index contributed by atoms with van der Waals surface area (Å²) in [7, 11) is -2.43. The van der Waals surface area contributed by atoms with Crippen LogP contribution >= 0.6 is 11.6 Å². The molecule has 30 heavy (non-hydrogen) atoms. The number of aromatic nitrogens is 3. The van der Waals surface area contributed by atoms with Crippen molar-refractivity contribution in [3.8, 4) is 16.9 Å². The third-order valence-electron chi connectivity index (χ3n) is 4.55. The first-order valence-electron chi connectivity index (χ1n) is 8.55. The van der Waals surface area contributed by atoms with Gasteiger partial charge >= 0.3 is 0 Å². The molecule has 2 aromatic carbocycles. The van der Waals surface area contributed by atoms with E-state index in [9.17, 15) is 13.5 Å². The number of hydrogen-bond donors (Lipinski definition) is 3. The molecule has 2 heterocycles. The molecule has 0 fully saturated rings. The van der Waals surface area contributed by atoms with Crippen LogP contribution in [0.25, 0.3) is 22.2 Å². The molecular formula is C19H15ClFN5O3S. The van der Waals surface area contributed by atoms with Crippen LogP contribution in [0.15, 0.2) is 53.8 Å². The van der Waals surface area contributed by atoms with E-state index in [0.717, 1.165) is 18.2 Å². The number of fused-ring (bicyclic) bond motifs is 1. The highest BCUT2D eigenvalue weighted by Crippen LogP contribution is 2.36. The largest absolute Gasteiger partial charge is 0.506 e. The lowest BCUT2D eigenvalue weighted by Crippen LogP contribution is -2.14. The number of aromatic hydroxyl groups is 1. The van der Waals surface area contributed by atoms with E-state index in [-0.39, 0.29) is 32.7 Å². The molecule has 0 bridgehead atoms. The summed E-state index contributed by atoms with van der Waals surface area (Å²) < 4.78 is 44.6. The lowest BCUT2D eigenvalue weighted by atomic mass is 10.0. The molecule has 0 atom stereocenters. The number of aryl methyl sites for hydroxylation is 1. The molecule has 4 aromatic rings. The SMILES string of the molecule is Cn1cc(-c2cccc(NS(=O)(=O)c3ccc(O)c(Cl)c3)c2F)c2c(N)ncnc21. The van der Waals surface area contributed by atoms with Crippen molar-refractivity contribution in [2.45, 2.75) is 4.90 Å². The van der Waals surface area contributed by atoms with Crippen molar-refractivity contribution in [1.82, 2.24) is 14.5 Å². The maximum atomic E-state index is 15.3. The molecule has 4 rings (SSSR count). The van der Waals surface area contributed by atoms with Crippen LogP contribution in [0.1, 0.15) is 0 Å². The van der Waals surface area contributed by atoms with Gasteiger partial charge in [-0.05, 0) is 24.3 Å². The van der Waals surface area contributed by atoms with E-state index < -0.39 is 15.8 Å². The van der Waals surface area contributed by atoms with Crippen molar-refractivity contribution >= 4 is 44.2 Å². The van der Waals surface area contributed by atoms with Gasteiger partial charge in [0, 0.05) is 24.4 Å². The minimum atomic E-state index is -4.16. The fourth-order valence-corrected chi connectivity index (χ4v) is 4.45. The minimum Gasteiger partial charge on any atom is -0.506 e. The predicted molar refractivity (Wildman–Crippen MR) is 112 cm³/mol. The highest BCUT2D eigenvalue weighted by molar-refractivity contribution is 7.92. The van der Waals surface area contributed by atoms with Crippen LogP contribution in [-0.2, 0) is 17.1 Å². The van der Waals surface area contributed by atoms with Gasteiger partial charge in [-0.3, -0.25) is 4.72 Å². The average Bonchev–Trinajstić information content (AvgIpc) is 3.03. The molecule has 0 saturated heterocycles. The van der Waals surface area contributed by atoms with E-state index in [4.69, 9.17) is 17.3 Å². The van der Waals surface area contributed by atoms with E-state index >= 15 is 4.39 Å². The number of nitrogens with one attached hydrogen (secondary N) is 1. The first-order chi connectivity index (χ1) is 14.2. The Bertz CT molecular complexity index is 1410. The third-order valence-corrected chi connectivity index (χ3v) is 6.21. The number of benzene rings is 2. The van der Waals surface area contributed by atoms with Gasteiger partial charge in [0.05, 0.1) is 21.0 Å². The van der Waals surface area contributed by atoms with Gasteiger partial charge < -0.3 is 15.4 Å². The second kappa shape index (κ2) is 7.15. The Labute approximate surface area is 175 Å². The number of nitrogens with two attached hydrogens (primary N) is 1. The fraction of sp³-hybridized carbons (Fsp3) is 0.0526. The molecule has 0 amide bonds. The molecule has 0 unspecified atom stereocenters. The third kappa shape index (κ3) is 3.29. The second-order valence-corrected chi connectivity index (χ2v) is 8.59. The van der Waals surface area contributed by atoms with Crippen molar-refractivity contribution < 1.29 is 17.9 Å². The van der Waals surface area contributed by atoms with Crippen molar-refractivity contribution in [2.75, 3.05) is 10.5 Å². The van der Waals surface area contributed by atoms with Crippen molar-refractivity contribution in [1.29, 1.82) is 0 Å². The number of sulfonamides is 1. The predicted octanol–water partition coefficient (Wildman–Crippen LogP) is 3.52. The summed E-state index contributed by atoms with van der Waals surface area (Å²) in [6.07, 6.45) is 2.96. The number of phenolic OH excluding ortho intramolecular Hbond substituents is 1. The Kier molecular flexibility index (Phi) is 4.75. The molecular weight excluding hydrogens is 433 g/mol. The summed E-state index contributed by atoms with van der Waals surface area (Å²) in [4.78, 5) is 7.89. The zero-order valence-electron chi connectivity index (χ0n) is 15.5. The van der Waals surface area contributed by atoms with E-state index in [2.05, 4.69) is 14.7 Å². The summed E-state index contributed by atoms with van der Waals surface area (Å²) in [5.74, 6) is -0.874. The molecule has 0 aliphatic rings. The number of phenols is 1. The standard InChI is InChI=1S/C19H15ClFN5O3S/c1-26-8-12(16-18(22)23-9-24-19(16)26)11-3-2-4-14(17(11)21)25-30(28,29)10-5-6-15(27)13(20)7-10/h2-9,25,27H,1H3,(H2,22,23,24). The number of nitrogen functional groups attached to an aromatic ring is 1. The van der Waals surface area contributed by atoms with Gasteiger partial charge in [0.25, 0.3) is 10.0 Å². The number of anilines is 2. The number of hydrogen-bond acceptors (Lipinski definition) is 6. The minimum absolute atomic E-state index is 0.131. The quantitative estimate of drug-likeness (QED) is 0.440. The smallest absolute Gasteiger partial charge is 0.262 e. The van der Waals surface area contributed by atoms with Gasteiger partial charge in [0.15, 0.2) is 5.82 Å². The van der Waals surface area contributed by atoms with Gasteiger partial charge in [0.2, 0.25) is 0 Å². The van der Waals surface area contributed by atoms with Crippen LogP contribution in [0.5, 0.6) is 5.75 Å². The van der Waals surface area contributed by atoms with Gasteiger partial charge in [-0.1, -0.05) is 23.7 Å². The maximum Gasteiger partial charge on any atom is 0.262 e. The van der Waals surface area contributed by atoms with Crippen LogP contribution in [0.3, 0.4) is 0 Å². The van der Waals surface area contributed by atoms with Crippen molar-refractivity contribution in [3.63, 3.8) is 0 Å². The molecule has 8 nitrogen and oxygen atoms in total. The molecule has 154 valence electrons. The Balaban J connectivity index is 1.81. The normalized spacial score (nSPS) is 11.7. The van der Waals surface area contributed by atoms with Gasteiger partial charge in [-0.25, -0.2) is 22.8 Å². The molecule has 0 aliphatic carbocycles. The lowest BCUT2D eigenvalue weighted by molar-refractivity contribution is 0.475. The molecule has 0 aliphatic heterocycles. The fourth-order valence-electron chi connectivity index (χ4n) is 3.12. The maximum absolute atomic E-state index is 15.3. The summed E-state index contributed by atoms with van der Waals surface area (Å²) in [6, 6.07) is 7.69. The molecule has 11 heteroatoms. The van der Waals surface area contributed by atoms with Gasteiger partial charge in [-0.2, -0.15) is 0 Å². The number of nitrogens with zero attached hydrogens (tertiary/aromatic N) is 3. The molecule has 2 aromatic heterocycles. The number of rotatable bonds is 4. The molecule has 0 radical (unpaired) electrons. The van der Waals surface area contributed by atoms with E-state index in [1.165, 1.54) is 24.5 Å². The lowest BCUT2D eigenvalue weighted by Gasteiger charge is -2.12. The van der Waals surface area contributed by atoms with Crippen molar-refractivity contribution in [3.05, 3.63) is 59.8 Å². The summed E-state index contributed by atoms with van der Waals surface area (Å²) in [5, 5.41) is 9.81. The van der Waals surface area contributed by atoms with Crippen LogP contribution in [0.4, 0.5) is 15.9 Å². The van der Waals surface area contributed by atoms with Crippen LogP contribution in [0.2, 0.25) is 5.02 Å². The van der Waals surface area contributed by atoms with Gasteiger partial charge in [-0.15, -0.1) is 0 Å². The molecule has 0 spiro atoms. The van der Waals surface area contributed by atoms with Crippen LogP contribution in [-0.4, -0.2) is 28.1 Å². The van der Waals surface area contributed by atoms with Gasteiger partial charge in [0.1, 0.15) is 23.5 Å². The van der Waals surface area contributed by atoms with E-state index in [1.54, 1.807) is 17.8 Å². The highest BCUT2D eigenvalue weighted by Gasteiger charge is 2.22. The Morgan fingerprint density at radius 2 is 1.97 bits per heavy atom.